The van der Waals surface area contributed by atoms with Crippen LogP contribution < -0.4 is 4.74 Å². The average molecular weight is 222 g/mol. The molecule has 4 nitrogen and oxygen atoms in total. The van der Waals surface area contributed by atoms with E-state index in [2.05, 4.69) is 16.9 Å². The molecule has 1 unspecified atom stereocenters. The number of aliphatic hydroxyl groups is 1. The highest BCUT2D eigenvalue weighted by atomic mass is 16.5. The van der Waals surface area contributed by atoms with Crippen molar-refractivity contribution in [2.75, 3.05) is 7.11 Å². The second kappa shape index (κ2) is 5.57. The molecule has 1 atom stereocenters. The first-order chi connectivity index (χ1) is 7.61. The zero-order valence-electron chi connectivity index (χ0n) is 10.2. The molecule has 1 N–H and O–H groups in total. The molecule has 0 saturated heterocycles. The first-order valence-corrected chi connectivity index (χ1v) is 5.27. The fourth-order valence-corrected chi connectivity index (χ4v) is 1.76. The predicted molar refractivity (Wildman–Crippen MR) is 62.1 cm³/mol. The number of ether oxygens (including phenoxy) is 1. The van der Waals surface area contributed by atoms with E-state index in [4.69, 9.17) is 4.74 Å². The lowest BCUT2D eigenvalue weighted by molar-refractivity contribution is 0.164. The summed E-state index contributed by atoms with van der Waals surface area (Å²) in [7, 11) is 3.38. The Kier molecular flexibility index (Phi) is 4.39. The summed E-state index contributed by atoms with van der Waals surface area (Å²) in [6.45, 7) is 3.66. The summed E-state index contributed by atoms with van der Waals surface area (Å²) in [6.07, 6.45) is 0.711. The summed E-state index contributed by atoms with van der Waals surface area (Å²) in [6, 6.07) is 0. The van der Waals surface area contributed by atoms with Crippen LogP contribution in [0.25, 0.3) is 0 Å². The molecule has 0 aliphatic rings. The van der Waals surface area contributed by atoms with Gasteiger partial charge in [0.05, 0.1) is 24.5 Å². The number of nitrogens with zero attached hydrogens (tertiary/aromatic N) is 2. The summed E-state index contributed by atoms with van der Waals surface area (Å²) in [5, 5.41) is 14.3. The van der Waals surface area contributed by atoms with E-state index in [0.717, 1.165) is 11.3 Å². The molecule has 0 aliphatic heterocycles. The summed E-state index contributed by atoms with van der Waals surface area (Å²) < 4.78 is 6.87. The minimum absolute atomic E-state index is 0.565. The minimum Gasteiger partial charge on any atom is -0.481 e. The van der Waals surface area contributed by atoms with Crippen LogP contribution in [0.1, 0.15) is 37.1 Å². The van der Waals surface area contributed by atoms with Crippen LogP contribution in [0.5, 0.6) is 5.88 Å². The van der Waals surface area contributed by atoms with Crippen molar-refractivity contribution < 1.29 is 9.84 Å². The number of aromatic nitrogens is 2. The molecular formula is C12H18N2O2. The van der Waals surface area contributed by atoms with Crippen molar-refractivity contribution in [2.45, 2.75) is 32.8 Å². The van der Waals surface area contributed by atoms with Crippen LogP contribution in [-0.4, -0.2) is 22.0 Å². The van der Waals surface area contributed by atoms with Crippen LogP contribution in [0.2, 0.25) is 0 Å². The summed E-state index contributed by atoms with van der Waals surface area (Å²) in [5.74, 6) is 6.36. The number of aliphatic hydroxyl groups excluding tert-OH is 1. The van der Waals surface area contributed by atoms with Crippen LogP contribution in [0, 0.1) is 18.8 Å². The van der Waals surface area contributed by atoms with E-state index in [1.807, 2.05) is 6.92 Å². The van der Waals surface area contributed by atoms with Crippen molar-refractivity contribution in [3.63, 3.8) is 0 Å². The summed E-state index contributed by atoms with van der Waals surface area (Å²) in [4.78, 5) is 0. The molecule has 1 aromatic heterocycles. The zero-order valence-corrected chi connectivity index (χ0v) is 10.2. The number of rotatable bonds is 4. The molecular weight excluding hydrogens is 204 g/mol. The Morgan fingerprint density at radius 3 is 2.81 bits per heavy atom. The lowest BCUT2D eigenvalue weighted by Gasteiger charge is -2.10. The molecule has 16 heavy (non-hydrogen) atoms. The van der Waals surface area contributed by atoms with Crippen molar-refractivity contribution in [1.82, 2.24) is 9.78 Å². The lowest BCUT2D eigenvalue weighted by atomic mass is 10.1. The van der Waals surface area contributed by atoms with Gasteiger partial charge >= 0.3 is 0 Å². The van der Waals surface area contributed by atoms with Crippen molar-refractivity contribution in [1.29, 1.82) is 0 Å². The van der Waals surface area contributed by atoms with Gasteiger partial charge in [0.1, 0.15) is 0 Å². The lowest BCUT2D eigenvalue weighted by Crippen LogP contribution is -2.02. The molecule has 0 aromatic carbocycles. The third-order valence-electron chi connectivity index (χ3n) is 2.46. The number of methoxy groups -OCH3 is 1. The molecule has 4 heteroatoms. The topological polar surface area (TPSA) is 47.3 Å². The largest absolute Gasteiger partial charge is 0.481 e. The van der Waals surface area contributed by atoms with Gasteiger partial charge in [-0.05, 0) is 20.3 Å². The molecule has 0 saturated carbocycles. The molecule has 0 radical (unpaired) electrons. The van der Waals surface area contributed by atoms with Gasteiger partial charge < -0.3 is 9.84 Å². The van der Waals surface area contributed by atoms with Gasteiger partial charge in [-0.3, -0.25) is 0 Å². The minimum atomic E-state index is -0.565. The van der Waals surface area contributed by atoms with Gasteiger partial charge in [-0.15, -0.1) is 11.8 Å². The van der Waals surface area contributed by atoms with Crippen molar-refractivity contribution >= 4 is 0 Å². The van der Waals surface area contributed by atoms with Crippen molar-refractivity contribution in [3.05, 3.63) is 11.3 Å². The Labute approximate surface area is 96.2 Å². The maximum atomic E-state index is 10.1. The fraction of sp³-hybridized carbons (Fsp3) is 0.583. The Balaban J connectivity index is 2.87. The fourth-order valence-electron chi connectivity index (χ4n) is 1.76. The third kappa shape index (κ3) is 2.56. The number of hydrogen-bond donors (Lipinski definition) is 1. The maximum Gasteiger partial charge on any atom is 0.217 e. The van der Waals surface area contributed by atoms with E-state index in [9.17, 15) is 5.11 Å². The van der Waals surface area contributed by atoms with E-state index in [0.29, 0.717) is 18.7 Å². The van der Waals surface area contributed by atoms with E-state index in [1.165, 1.54) is 0 Å². The normalized spacial score (nSPS) is 11.8. The van der Waals surface area contributed by atoms with E-state index < -0.39 is 6.10 Å². The molecule has 1 aromatic rings. The molecule has 0 aliphatic carbocycles. The van der Waals surface area contributed by atoms with Crippen LogP contribution in [0.3, 0.4) is 0 Å². The van der Waals surface area contributed by atoms with Gasteiger partial charge in [-0.25, -0.2) is 4.68 Å². The Morgan fingerprint density at radius 2 is 2.25 bits per heavy atom. The molecule has 0 amide bonds. The standard InChI is InChI=1S/C12H18N2O2/c1-5-6-7-8-10(15)11-9(2)13-14(3)12(11)16-4/h10,15H,7-8H2,1-4H3. The molecule has 1 heterocycles. The van der Waals surface area contributed by atoms with Gasteiger partial charge in [-0.2, -0.15) is 5.10 Å². The van der Waals surface area contributed by atoms with Gasteiger partial charge in [0, 0.05) is 13.5 Å². The predicted octanol–water partition coefficient (Wildman–Crippen LogP) is 1.57. The summed E-state index contributed by atoms with van der Waals surface area (Å²) in [5.41, 5.74) is 1.57. The third-order valence-corrected chi connectivity index (χ3v) is 2.46. The van der Waals surface area contributed by atoms with Crippen LogP contribution >= 0.6 is 0 Å². The first kappa shape index (κ1) is 12.6. The van der Waals surface area contributed by atoms with Gasteiger partial charge in [0.2, 0.25) is 5.88 Å². The smallest absolute Gasteiger partial charge is 0.217 e. The SMILES string of the molecule is CC#CCCC(O)c1c(C)nn(C)c1OC. The van der Waals surface area contributed by atoms with Gasteiger partial charge in [0.25, 0.3) is 0 Å². The molecule has 0 fully saturated rings. The van der Waals surface area contributed by atoms with Crippen molar-refractivity contribution in [2.24, 2.45) is 7.05 Å². The molecule has 88 valence electrons. The van der Waals surface area contributed by atoms with Gasteiger partial charge in [0.15, 0.2) is 0 Å². The monoisotopic (exact) mass is 222 g/mol. The average Bonchev–Trinajstić information content (AvgIpc) is 2.53. The van der Waals surface area contributed by atoms with Gasteiger partial charge in [-0.1, -0.05) is 0 Å². The first-order valence-electron chi connectivity index (χ1n) is 5.27. The van der Waals surface area contributed by atoms with E-state index >= 15 is 0 Å². The number of aryl methyl sites for hydroxylation is 2. The highest BCUT2D eigenvalue weighted by molar-refractivity contribution is 5.33. The second-order valence-electron chi connectivity index (χ2n) is 3.61. The highest BCUT2D eigenvalue weighted by Crippen LogP contribution is 2.30. The second-order valence-corrected chi connectivity index (χ2v) is 3.61. The maximum absolute atomic E-state index is 10.1. The van der Waals surface area contributed by atoms with Crippen LogP contribution in [0.4, 0.5) is 0 Å². The summed E-state index contributed by atoms with van der Waals surface area (Å²) >= 11 is 0. The highest BCUT2D eigenvalue weighted by Gasteiger charge is 2.20. The van der Waals surface area contributed by atoms with E-state index in [1.54, 1.807) is 25.8 Å². The van der Waals surface area contributed by atoms with E-state index in [-0.39, 0.29) is 0 Å². The molecule has 0 spiro atoms. The Morgan fingerprint density at radius 1 is 1.56 bits per heavy atom. The quantitative estimate of drug-likeness (QED) is 0.787. The van der Waals surface area contributed by atoms with Crippen LogP contribution in [-0.2, 0) is 7.05 Å². The Hall–Kier alpha value is -1.47. The molecule has 0 bridgehead atoms. The molecule has 1 rings (SSSR count). The van der Waals surface area contributed by atoms with Crippen molar-refractivity contribution in [3.8, 4) is 17.7 Å². The Bertz CT molecular complexity index is 413. The van der Waals surface area contributed by atoms with Crippen LogP contribution in [0.15, 0.2) is 0 Å². The zero-order chi connectivity index (χ0) is 12.1. The number of hydrogen-bond acceptors (Lipinski definition) is 3.